The maximum atomic E-state index is 12.3. The molecule has 0 fully saturated rings. The predicted molar refractivity (Wildman–Crippen MR) is 80.1 cm³/mol. The lowest BCUT2D eigenvalue weighted by atomic mass is 10.2. The molecule has 0 saturated carbocycles. The van der Waals surface area contributed by atoms with E-state index in [1.165, 1.54) is 18.2 Å². The summed E-state index contributed by atoms with van der Waals surface area (Å²) in [5.74, 6) is 0. The summed E-state index contributed by atoms with van der Waals surface area (Å²) in [5, 5.41) is 10.8. The molecule has 0 amide bonds. The number of sulfonamides is 1. The summed E-state index contributed by atoms with van der Waals surface area (Å²) >= 11 is 5.88. The Morgan fingerprint density at radius 1 is 1.19 bits per heavy atom. The van der Waals surface area contributed by atoms with Crippen molar-refractivity contribution in [1.29, 1.82) is 0 Å². The number of nitro benzene ring substituents is 1. The third-order valence-electron chi connectivity index (χ3n) is 2.79. The minimum absolute atomic E-state index is 0.0332. The fourth-order valence-electron chi connectivity index (χ4n) is 1.76. The van der Waals surface area contributed by atoms with E-state index in [1.807, 2.05) is 0 Å². The molecule has 0 atom stereocenters. The Morgan fingerprint density at radius 3 is 2.48 bits per heavy atom. The molecular formula is C13H11ClN2O4S. The maximum absolute atomic E-state index is 12.3. The molecule has 2 aromatic rings. The van der Waals surface area contributed by atoms with Gasteiger partial charge in [0.25, 0.3) is 15.7 Å². The first-order valence-electron chi connectivity index (χ1n) is 5.83. The standard InChI is InChI=1S/C13H11ClN2O4S/c1-9-4-2-3-5-13(9)21(19,20)15-12-8-10(16(17)18)6-7-11(12)14/h2-8,15H,1H3. The summed E-state index contributed by atoms with van der Waals surface area (Å²) in [6, 6.07) is 9.97. The van der Waals surface area contributed by atoms with Crippen LogP contribution < -0.4 is 4.72 Å². The van der Waals surface area contributed by atoms with Crippen LogP contribution in [0, 0.1) is 17.0 Å². The summed E-state index contributed by atoms with van der Waals surface area (Å²) in [5.41, 5.74) is 0.280. The van der Waals surface area contributed by atoms with Gasteiger partial charge in [0.15, 0.2) is 0 Å². The monoisotopic (exact) mass is 326 g/mol. The molecule has 2 rings (SSSR count). The molecule has 0 heterocycles. The summed E-state index contributed by atoms with van der Waals surface area (Å²) < 4.78 is 26.9. The summed E-state index contributed by atoms with van der Waals surface area (Å²) in [7, 11) is -3.87. The van der Waals surface area contributed by atoms with Crippen LogP contribution in [-0.2, 0) is 10.0 Å². The van der Waals surface area contributed by atoms with Gasteiger partial charge in [-0.3, -0.25) is 14.8 Å². The molecular weight excluding hydrogens is 316 g/mol. The van der Waals surface area contributed by atoms with Crippen LogP contribution in [0.1, 0.15) is 5.56 Å². The topological polar surface area (TPSA) is 89.3 Å². The number of hydrogen-bond donors (Lipinski definition) is 1. The molecule has 0 aliphatic heterocycles. The molecule has 21 heavy (non-hydrogen) atoms. The van der Waals surface area contributed by atoms with Crippen molar-refractivity contribution in [2.75, 3.05) is 4.72 Å². The van der Waals surface area contributed by atoms with Crippen molar-refractivity contribution in [3.05, 3.63) is 63.2 Å². The van der Waals surface area contributed by atoms with Crippen LogP contribution in [0.4, 0.5) is 11.4 Å². The average molecular weight is 327 g/mol. The largest absolute Gasteiger partial charge is 0.278 e. The van der Waals surface area contributed by atoms with Crippen molar-refractivity contribution in [2.24, 2.45) is 0 Å². The smallest absolute Gasteiger partial charge is 0.271 e. The van der Waals surface area contributed by atoms with Gasteiger partial charge in [-0.05, 0) is 24.6 Å². The zero-order chi connectivity index (χ0) is 15.6. The Labute approximate surface area is 126 Å². The summed E-state index contributed by atoms with van der Waals surface area (Å²) in [6.07, 6.45) is 0. The lowest BCUT2D eigenvalue weighted by molar-refractivity contribution is -0.384. The van der Waals surface area contributed by atoms with E-state index < -0.39 is 14.9 Å². The van der Waals surface area contributed by atoms with E-state index in [4.69, 9.17) is 11.6 Å². The normalized spacial score (nSPS) is 11.1. The third-order valence-corrected chi connectivity index (χ3v) is 4.64. The first-order chi connectivity index (χ1) is 9.81. The Balaban J connectivity index is 2.44. The predicted octanol–water partition coefficient (Wildman–Crippen LogP) is 3.36. The van der Waals surface area contributed by atoms with Gasteiger partial charge in [0.2, 0.25) is 0 Å². The highest BCUT2D eigenvalue weighted by molar-refractivity contribution is 7.92. The number of nitrogens with one attached hydrogen (secondary N) is 1. The molecule has 1 N–H and O–H groups in total. The lowest BCUT2D eigenvalue weighted by Gasteiger charge is -2.11. The first kappa shape index (κ1) is 15.3. The summed E-state index contributed by atoms with van der Waals surface area (Å²) in [6.45, 7) is 1.66. The van der Waals surface area contributed by atoms with Crippen LogP contribution in [0.3, 0.4) is 0 Å². The quantitative estimate of drug-likeness (QED) is 0.689. The van der Waals surface area contributed by atoms with Crippen molar-refractivity contribution in [1.82, 2.24) is 0 Å². The molecule has 0 unspecified atom stereocenters. The number of hydrogen-bond acceptors (Lipinski definition) is 4. The molecule has 6 nitrogen and oxygen atoms in total. The number of anilines is 1. The van der Waals surface area contributed by atoms with E-state index in [9.17, 15) is 18.5 Å². The number of aryl methyl sites for hydroxylation is 1. The maximum Gasteiger partial charge on any atom is 0.271 e. The Morgan fingerprint density at radius 2 is 1.86 bits per heavy atom. The fourth-order valence-corrected chi connectivity index (χ4v) is 3.30. The van der Waals surface area contributed by atoms with Gasteiger partial charge in [-0.2, -0.15) is 0 Å². The number of nitrogens with zero attached hydrogens (tertiary/aromatic N) is 1. The van der Waals surface area contributed by atoms with Crippen LogP contribution in [0.15, 0.2) is 47.4 Å². The summed E-state index contributed by atoms with van der Waals surface area (Å²) in [4.78, 5) is 10.2. The zero-order valence-electron chi connectivity index (χ0n) is 10.9. The van der Waals surface area contributed by atoms with Gasteiger partial charge < -0.3 is 0 Å². The number of halogens is 1. The Kier molecular flexibility index (Phi) is 4.15. The Bertz CT molecular complexity index is 806. The van der Waals surface area contributed by atoms with Crippen LogP contribution in [-0.4, -0.2) is 13.3 Å². The SMILES string of the molecule is Cc1ccccc1S(=O)(=O)Nc1cc([N+](=O)[O-])ccc1Cl. The van der Waals surface area contributed by atoms with Crippen LogP contribution in [0.2, 0.25) is 5.02 Å². The van der Waals surface area contributed by atoms with E-state index in [0.29, 0.717) is 5.56 Å². The minimum Gasteiger partial charge on any atom is -0.278 e. The highest BCUT2D eigenvalue weighted by atomic mass is 35.5. The van der Waals surface area contributed by atoms with Gasteiger partial charge in [-0.1, -0.05) is 29.8 Å². The molecule has 110 valence electrons. The molecule has 0 spiro atoms. The molecule has 0 aliphatic rings. The van der Waals surface area contributed by atoms with Gasteiger partial charge in [-0.25, -0.2) is 8.42 Å². The van der Waals surface area contributed by atoms with Gasteiger partial charge in [0, 0.05) is 12.1 Å². The molecule has 0 saturated heterocycles. The van der Waals surface area contributed by atoms with E-state index in [-0.39, 0.29) is 21.3 Å². The van der Waals surface area contributed by atoms with Crippen molar-refractivity contribution >= 4 is 33.0 Å². The van der Waals surface area contributed by atoms with Crippen LogP contribution in [0.25, 0.3) is 0 Å². The highest BCUT2D eigenvalue weighted by Gasteiger charge is 2.19. The molecule has 0 aliphatic carbocycles. The Hall–Kier alpha value is -2.12. The van der Waals surface area contributed by atoms with E-state index >= 15 is 0 Å². The van der Waals surface area contributed by atoms with E-state index in [2.05, 4.69) is 4.72 Å². The molecule has 0 radical (unpaired) electrons. The fraction of sp³-hybridized carbons (Fsp3) is 0.0769. The van der Waals surface area contributed by atoms with Gasteiger partial charge in [-0.15, -0.1) is 0 Å². The number of rotatable bonds is 4. The molecule has 0 aromatic heterocycles. The zero-order valence-corrected chi connectivity index (χ0v) is 12.5. The average Bonchev–Trinajstić information content (AvgIpc) is 2.41. The van der Waals surface area contributed by atoms with Crippen molar-refractivity contribution in [3.8, 4) is 0 Å². The van der Waals surface area contributed by atoms with E-state index in [1.54, 1.807) is 25.1 Å². The van der Waals surface area contributed by atoms with Crippen LogP contribution in [0.5, 0.6) is 0 Å². The van der Waals surface area contributed by atoms with Crippen molar-refractivity contribution in [3.63, 3.8) is 0 Å². The lowest BCUT2D eigenvalue weighted by Crippen LogP contribution is -2.14. The highest BCUT2D eigenvalue weighted by Crippen LogP contribution is 2.29. The van der Waals surface area contributed by atoms with E-state index in [0.717, 1.165) is 6.07 Å². The van der Waals surface area contributed by atoms with Crippen molar-refractivity contribution < 1.29 is 13.3 Å². The molecule has 0 bridgehead atoms. The molecule has 8 heteroatoms. The number of non-ortho nitro benzene ring substituents is 1. The number of nitro groups is 1. The molecule has 2 aromatic carbocycles. The van der Waals surface area contributed by atoms with Gasteiger partial charge in [0.05, 0.1) is 20.5 Å². The van der Waals surface area contributed by atoms with Gasteiger partial charge >= 0.3 is 0 Å². The number of benzene rings is 2. The third kappa shape index (κ3) is 3.32. The second-order valence-electron chi connectivity index (χ2n) is 4.29. The van der Waals surface area contributed by atoms with Crippen molar-refractivity contribution in [2.45, 2.75) is 11.8 Å². The van der Waals surface area contributed by atoms with Crippen LogP contribution >= 0.6 is 11.6 Å². The second kappa shape index (κ2) is 5.71. The van der Waals surface area contributed by atoms with Gasteiger partial charge in [0.1, 0.15) is 0 Å². The first-order valence-corrected chi connectivity index (χ1v) is 7.70. The minimum atomic E-state index is -3.87. The second-order valence-corrected chi connectivity index (χ2v) is 6.35.